The molecule has 0 N–H and O–H groups in total. The number of hydrogen-bond acceptors (Lipinski definition) is 1. The summed E-state index contributed by atoms with van der Waals surface area (Å²) in [7, 11) is 0. The van der Waals surface area contributed by atoms with Gasteiger partial charge in [-0.1, -0.05) is 54.1 Å². The monoisotopic (exact) mass is 268 g/mol. The molecule has 0 radical (unpaired) electrons. The second-order valence-electron chi connectivity index (χ2n) is 4.38. The first-order valence-corrected chi connectivity index (χ1v) is 7.02. The van der Waals surface area contributed by atoms with Crippen molar-refractivity contribution in [2.75, 3.05) is 0 Å². The fourth-order valence-corrected chi connectivity index (χ4v) is 4.11. The number of halogens is 1. The average Bonchev–Trinajstić information content (AvgIpc) is 2.77. The molecule has 0 amide bonds. The fourth-order valence-electron chi connectivity index (χ4n) is 2.51. The highest BCUT2D eigenvalue weighted by molar-refractivity contribution is 7.26. The van der Waals surface area contributed by atoms with Gasteiger partial charge in [0.2, 0.25) is 0 Å². The van der Waals surface area contributed by atoms with Crippen LogP contribution >= 0.6 is 22.9 Å². The van der Waals surface area contributed by atoms with Crippen LogP contribution in [0.25, 0.3) is 30.9 Å². The van der Waals surface area contributed by atoms with Gasteiger partial charge in [-0.25, -0.2) is 0 Å². The third kappa shape index (κ3) is 1.32. The van der Waals surface area contributed by atoms with E-state index in [9.17, 15) is 0 Å². The summed E-state index contributed by atoms with van der Waals surface area (Å²) in [6.45, 7) is 0. The first kappa shape index (κ1) is 10.4. The maximum atomic E-state index is 6.37. The minimum Gasteiger partial charge on any atom is -0.134 e. The van der Waals surface area contributed by atoms with Gasteiger partial charge in [-0.05, 0) is 17.5 Å². The molecule has 0 aliphatic rings. The summed E-state index contributed by atoms with van der Waals surface area (Å²) in [5.41, 5.74) is 0. The lowest BCUT2D eigenvalue weighted by Gasteiger charge is -2.01. The molecule has 0 spiro atoms. The minimum absolute atomic E-state index is 0.838. The van der Waals surface area contributed by atoms with Crippen LogP contribution in [0, 0.1) is 0 Å². The molecule has 0 aliphatic heterocycles. The molecule has 86 valence electrons. The Bertz CT molecular complexity index is 889. The SMILES string of the molecule is Clc1cccc2ccc3c4ccccc4sc3c12. The molecule has 0 saturated heterocycles. The van der Waals surface area contributed by atoms with Crippen molar-refractivity contribution in [3.8, 4) is 0 Å². The van der Waals surface area contributed by atoms with Gasteiger partial charge in [-0.15, -0.1) is 11.3 Å². The summed E-state index contributed by atoms with van der Waals surface area (Å²) >= 11 is 8.19. The summed E-state index contributed by atoms with van der Waals surface area (Å²) in [6.07, 6.45) is 0. The van der Waals surface area contributed by atoms with Crippen molar-refractivity contribution < 1.29 is 0 Å². The van der Waals surface area contributed by atoms with E-state index in [-0.39, 0.29) is 0 Å². The van der Waals surface area contributed by atoms with Gasteiger partial charge in [0.15, 0.2) is 0 Å². The Hall–Kier alpha value is -1.57. The normalized spacial score (nSPS) is 11.6. The molecule has 2 heteroatoms. The Morgan fingerprint density at radius 3 is 2.61 bits per heavy atom. The van der Waals surface area contributed by atoms with E-state index in [0.717, 1.165) is 5.02 Å². The number of fused-ring (bicyclic) bond motifs is 5. The molecule has 4 aromatic rings. The Morgan fingerprint density at radius 2 is 1.67 bits per heavy atom. The molecule has 1 aromatic heterocycles. The van der Waals surface area contributed by atoms with Crippen molar-refractivity contribution >= 4 is 53.9 Å². The molecular weight excluding hydrogens is 260 g/mol. The van der Waals surface area contributed by atoms with Gasteiger partial charge < -0.3 is 0 Å². The third-order valence-electron chi connectivity index (χ3n) is 3.34. The Kier molecular flexibility index (Phi) is 2.14. The summed E-state index contributed by atoms with van der Waals surface area (Å²) in [4.78, 5) is 0. The Morgan fingerprint density at radius 1 is 0.778 bits per heavy atom. The Balaban J connectivity index is 2.35. The van der Waals surface area contributed by atoms with Crippen LogP contribution in [-0.2, 0) is 0 Å². The van der Waals surface area contributed by atoms with Gasteiger partial charge in [-0.3, -0.25) is 0 Å². The smallest absolute Gasteiger partial charge is 0.0498 e. The van der Waals surface area contributed by atoms with Crippen LogP contribution in [0.5, 0.6) is 0 Å². The molecule has 0 nitrogen and oxygen atoms in total. The van der Waals surface area contributed by atoms with Crippen molar-refractivity contribution in [3.63, 3.8) is 0 Å². The van der Waals surface area contributed by atoms with Gasteiger partial charge in [0.1, 0.15) is 0 Å². The second-order valence-corrected chi connectivity index (χ2v) is 5.84. The molecule has 0 saturated carbocycles. The van der Waals surface area contributed by atoms with E-state index < -0.39 is 0 Å². The highest BCUT2D eigenvalue weighted by Crippen LogP contribution is 2.40. The zero-order chi connectivity index (χ0) is 12.1. The van der Waals surface area contributed by atoms with E-state index >= 15 is 0 Å². The summed E-state index contributed by atoms with van der Waals surface area (Å²) in [6, 6.07) is 19.0. The molecule has 0 unspecified atom stereocenters. The van der Waals surface area contributed by atoms with Crippen LogP contribution in [0.1, 0.15) is 0 Å². The van der Waals surface area contributed by atoms with E-state index in [1.54, 1.807) is 0 Å². The van der Waals surface area contributed by atoms with E-state index in [2.05, 4.69) is 42.5 Å². The highest BCUT2D eigenvalue weighted by atomic mass is 35.5. The Labute approximate surface area is 113 Å². The number of hydrogen-bond donors (Lipinski definition) is 0. The van der Waals surface area contributed by atoms with Crippen molar-refractivity contribution in [2.45, 2.75) is 0 Å². The lowest BCUT2D eigenvalue weighted by molar-refractivity contribution is 1.81. The van der Waals surface area contributed by atoms with Crippen LogP contribution in [-0.4, -0.2) is 0 Å². The lowest BCUT2D eigenvalue weighted by atomic mass is 10.1. The first-order chi connectivity index (χ1) is 8.84. The van der Waals surface area contributed by atoms with Gasteiger partial charge in [0.25, 0.3) is 0 Å². The zero-order valence-electron chi connectivity index (χ0n) is 9.48. The molecule has 0 bridgehead atoms. The standard InChI is InChI=1S/C16H9ClS/c17-13-6-3-4-10-8-9-12-11-5-1-2-7-14(11)18-16(12)15(10)13/h1-9H. The van der Waals surface area contributed by atoms with Crippen molar-refractivity contribution in [2.24, 2.45) is 0 Å². The molecule has 0 fully saturated rings. The largest absolute Gasteiger partial charge is 0.134 e. The van der Waals surface area contributed by atoms with E-state index in [1.165, 1.54) is 30.9 Å². The number of benzene rings is 3. The van der Waals surface area contributed by atoms with Gasteiger partial charge in [0.05, 0.1) is 0 Å². The van der Waals surface area contributed by atoms with Crippen LogP contribution in [0.2, 0.25) is 5.02 Å². The predicted molar refractivity (Wildman–Crippen MR) is 81.8 cm³/mol. The summed E-state index contributed by atoms with van der Waals surface area (Å²) in [5.74, 6) is 0. The highest BCUT2D eigenvalue weighted by Gasteiger charge is 2.09. The maximum Gasteiger partial charge on any atom is 0.0498 e. The van der Waals surface area contributed by atoms with Crippen LogP contribution in [0.4, 0.5) is 0 Å². The van der Waals surface area contributed by atoms with Gasteiger partial charge in [-0.2, -0.15) is 0 Å². The molecular formula is C16H9ClS. The third-order valence-corrected chi connectivity index (χ3v) is 4.86. The predicted octanol–water partition coefficient (Wildman–Crippen LogP) is 5.86. The lowest BCUT2D eigenvalue weighted by Crippen LogP contribution is -1.74. The maximum absolute atomic E-state index is 6.37. The van der Waals surface area contributed by atoms with E-state index in [1.807, 2.05) is 23.5 Å². The van der Waals surface area contributed by atoms with Crippen molar-refractivity contribution in [3.05, 3.63) is 59.6 Å². The minimum atomic E-state index is 0.838. The van der Waals surface area contributed by atoms with Crippen LogP contribution < -0.4 is 0 Å². The van der Waals surface area contributed by atoms with E-state index in [4.69, 9.17) is 11.6 Å². The first-order valence-electron chi connectivity index (χ1n) is 5.83. The second kappa shape index (κ2) is 3.71. The van der Waals surface area contributed by atoms with Gasteiger partial charge in [0, 0.05) is 30.6 Å². The van der Waals surface area contributed by atoms with Crippen LogP contribution in [0.15, 0.2) is 54.6 Å². The quantitative estimate of drug-likeness (QED) is 0.375. The number of thiophene rings is 1. The molecule has 0 aliphatic carbocycles. The molecule has 0 atom stereocenters. The zero-order valence-corrected chi connectivity index (χ0v) is 11.1. The molecule has 18 heavy (non-hydrogen) atoms. The van der Waals surface area contributed by atoms with Crippen molar-refractivity contribution in [1.82, 2.24) is 0 Å². The molecule has 4 rings (SSSR count). The summed E-state index contributed by atoms with van der Waals surface area (Å²) in [5, 5.41) is 5.85. The van der Waals surface area contributed by atoms with Gasteiger partial charge >= 0.3 is 0 Å². The molecule has 1 heterocycles. The summed E-state index contributed by atoms with van der Waals surface area (Å²) < 4.78 is 2.61. The van der Waals surface area contributed by atoms with Crippen LogP contribution in [0.3, 0.4) is 0 Å². The molecule has 3 aromatic carbocycles. The fraction of sp³-hybridized carbons (Fsp3) is 0. The van der Waals surface area contributed by atoms with E-state index in [0.29, 0.717) is 0 Å². The number of rotatable bonds is 0. The van der Waals surface area contributed by atoms with Crippen molar-refractivity contribution in [1.29, 1.82) is 0 Å². The average molecular weight is 269 g/mol. The topological polar surface area (TPSA) is 0 Å².